The van der Waals surface area contributed by atoms with Crippen LogP contribution in [-0.2, 0) is 0 Å². The van der Waals surface area contributed by atoms with Gasteiger partial charge in [0.15, 0.2) is 0 Å². The van der Waals surface area contributed by atoms with Crippen LogP contribution >= 0.6 is 0 Å². The molecule has 2 heterocycles. The Morgan fingerprint density at radius 3 is 2.73 bits per heavy atom. The highest BCUT2D eigenvalue weighted by molar-refractivity contribution is 5.58. The van der Waals surface area contributed by atoms with Crippen molar-refractivity contribution in [3.8, 4) is 11.5 Å². The molecule has 0 aromatic carbocycles. The Kier molecular flexibility index (Phi) is 2.24. The summed E-state index contributed by atoms with van der Waals surface area (Å²) in [6.07, 6.45) is 3.19. The smallest absolute Gasteiger partial charge is 0.265 e. The second-order valence-corrected chi connectivity index (χ2v) is 3.30. The first-order valence-electron chi connectivity index (χ1n) is 4.39. The minimum atomic E-state index is 0.415. The van der Waals surface area contributed by atoms with Crippen LogP contribution in [0.5, 0.6) is 0 Å². The Morgan fingerprint density at radius 1 is 1.33 bits per heavy atom. The van der Waals surface area contributed by atoms with Crippen LogP contribution in [0.1, 0.15) is 0 Å². The number of nitrogen functional groups attached to an aromatic ring is 1. The van der Waals surface area contributed by atoms with Crippen LogP contribution in [-0.4, -0.2) is 29.2 Å². The Balaban J connectivity index is 2.37. The van der Waals surface area contributed by atoms with Gasteiger partial charge < -0.3 is 15.2 Å². The molecule has 0 aliphatic carbocycles. The van der Waals surface area contributed by atoms with Gasteiger partial charge in [0.25, 0.3) is 11.8 Å². The molecule has 2 aromatic rings. The van der Waals surface area contributed by atoms with Gasteiger partial charge >= 0.3 is 0 Å². The van der Waals surface area contributed by atoms with Gasteiger partial charge in [0.2, 0.25) is 0 Å². The average molecular weight is 205 g/mol. The van der Waals surface area contributed by atoms with Gasteiger partial charge in [-0.05, 0) is 11.2 Å². The average Bonchev–Trinajstić information content (AvgIpc) is 2.66. The third-order valence-electron chi connectivity index (χ3n) is 1.82. The van der Waals surface area contributed by atoms with E-state index in [0.29, 0.717) is 17.5 Å². The fraction of sp³-hybridized carbons (Fsp3) is 0.222. The minimum absolute atomic E-state index is 0.415. The van der Waals surface area contributed by atoms with Crippen LogP contribution in [0.4, 0.5) is 11.6 Å². The van der Waals surface area contributed by atoms with Gasteiger partial charge in [0.1, 0.15) is 0 Å². The summed E-state index contributed by atoms with van der Waals surface area (Å²) in [5.41, 5.74) is 6.88. The molecule has 0 bridgehead atoms. The molecule has 0 aliphatic heterocycles. The van der Waals surface area contributed by atoms with E-state index >= 15 is 0 Å². The predicted octanol–water partition coefficient (Wildman–Crippen LogP) is 0.780. The zero-order valence-electron chi connectivity index (χ0n) is 8.51. The highest BCUT2D eigenvalue weighted by Crippen LogP contribution is 2.19. The highest BCUT2D eigenvalue weighted by atomic mass is 16.5. The number of rotatable bonds is 2. The van der Waals surface area contributed by atoms with Crippen molar-refractivity contribution in [1.82, 2.24) is 15.1 Å². The number of hydrogen-bond donors (Lipinski definition) is 1. The van der Waals surface area contributed by atoms with Gasteiger partial charge in [0, 0.05) is 26.5 Å². The number of pyridine rings is 1. The van der Waals surface area contributed by atoms with Gasteiger partial charge in [0.05, 0.1) is 11.3 Å². The number of aromatic nitrogens is 3. The molecule has 0 fully saturated rings. The zero-order chi connectivity index (χ0) is 10.8. The molecular weight excluding hydrogens is 194 g/mol. The largest absolute Gasteiger partial charge is 0.397 e. The first kappa shape index (κ1) is 9.45. The summed E-state index contributed by atoms with van der Waals surface area (Å²) in [7, 11) is 3.68. The van der Waals surface area contributed by atoms with E-state index in [1.807, 2.05) is 14.1 Å². The number of nitrogens with zero attached hydrogens (tertiary/aromatic N) is 4. The summed E-state index contributed by atoms with van der Waals surface area (Å²) in [5, 5.41) is 3.79. The Morgan fingerprint density at radius 2 is 2.13 bits per heavy atom. The molecule has 15 heavy (non-hydrogen) atoms. The van der Waals surface area contributed by atoms with Crippen LogP contribution < -0.4 is 10.6 Å². The number of anilines is 2. The summed E-state index contributed by atoms with van der Waals surface area (Å²) < 4.78 is 5.07. The quantitative estimate of drug-likeness (QED) is 0.780. The Labute approximate surface area is 86.7 Å². The van der Waals surface area contributed by atoms with E-state index < -0.39 is 0 Å². The fourth-order valence-corrected chi connectivity index (χ4v) is 1.09. The van der Waals surface area contributed by atoms with Gasteiger partial charge in [-0.1, -0.05) is 0 Å². The number of nitrogens with two attached hydrogens (primary N) is 1. The molecule has 2 aromatic heterocycles. The van der Waals surface area contributed by atoms with E-state index in [1.54, 1.807) is 23.4 Å². The van der Waals surface area contributed by atoms with E-state index in [1.165, 1.54) is 0 Å². The lowest BCUT2D eigenvalue weighted by Crippen LogP contribution is -2.10. The summed E-state index contributed by atoms with van der Waals surface area (Å²) in [4.78, 5) is 9.88. The summed E-state index contributed by atoms with van der Waals surface area (Å²) in [6.45, 7) is 0. The molecule has 2 rings (SSSR count). The summed E-state index contributed by atoms with van der Waals surface area (Å²) in [5.74, 6) is 0.936. The van der Waals surface area contributed by atoms with Crippen LogP contribution in [0.15, 0.2) is 23.0 Å². The maximum absolute atomic E-state index is 5.60. The molecule has 0 radical (unpaired) electrons. The van der Waals surface area contributed by atoms with Crippen LogP contribution in [0, 0.1) is 0 Å². The van der Waals surface area contributed by atoms with Gasteiger partial charge in [-0.15, -0.1) is 0 Å². The standard InChI is InChI=1S/C9H11N5O/c1-14(2)9-12-8(15-13-9)6-3-7(10)5-11-4-6/h3-5H,10H2,1-2H3. The van der Waals surface area contributed by atoms with Crippen molar-refractivity contribution in [2.75, 3.05) is 24.7 Å². The molecule has 0 aliphatic rings. The van der Waals surface area contributed by atoms with E-state index in [-0.39, 0.29) is 0 Å². The third-order valence-corrected chi connectivity index (χ3v) is 1.82. The highest BCUT2D eigenvalue weighted by Gasteiger charge is 2.10. The van der Waals surface area contributed by atoms with Crippen molar-refractivity contribution in [2.24, 2.45) is 0 Å². The van der Waals surface area contributed by atoms with E-state index in [9.17, 15) is 0 Å². The minimum Gasteiger partial charge on any atom is -0.397 e. The first-order valence-corrected chi connectivity index (χ1v) is 4.39. The van der Waals surface area contributed by atoms with Gasteiger partial charge in [-0.25, -0.2) is 0 Å². The van der Waals surface area contributed by atoms with Crippen molar-refractivity contribution in [2.45, 2.75) is 0 Å². The first-order chi connectivity index (χ1) is 7.16. The van der Waals surface area contributed by atoms with Crippen molar-refractivity contribution in [1.29, 1.82) is 0 Å². The molecule has 6 nitrogen and oxygen atoms in total. The predicted molar refractivity (Wildman–Crippen MR) is 56.3 cm³/mol. The summed E-state index contributed by atoms with van der Waals surface area (Å²) in [6, 6.07) is 1.74. The van der Waals surface area contributed by atoms with Gasteiger partial charge in [-0.3, -0.25) is 4.98 Å². The molecule has 0 spiro atoms. The monoisotopic (exact) mass is 205 g/mol. The second-order valence-electron chi connectivity index (χ2n) is 3.30. The third kappa shape index (κ3) is 1.88. The van der Waals surface area contributed by atoms with Crippen molar-refractivity contribution in [3.63, 3.8) is 0 Å². The van der Waals surface area contributed by atoms with E-state index in [2.05, 4.69) is 15.1 Å². The lowest BCUT2D eigenvalue weighted by Gasteiger charge is -2.02. The molecule has 0 amide bonds. The molecule has 78 valence electrons. The normalized spacial score (nSPS) is 10.3. The lowest BCUT2D eigenvalue weighted by atomic mass is 10.3. The molecule has 0 saturated carbocycles. The van der Waals surface area contributed by atoms with Gasteiger partial charge in [-0.2, -0.15) is 4.98 Å². The topological polar surface area (TPSA) is 81.1 Å². The van der Waals surface area contributed by atoms with Crippen molar-refractivity contribution >= 4 is 11.6 Å². The molecule has 0 unspecified atom stereocenters. The van der Waals surface area contributed by atoms with Crippen LogP contribution in [0.25, 0.3) is 11.5 Å². The van der Waals surface area contributed by atoms with E-state index in [0.717, 1.165) is 5.56 Å². The van der Waals surface area contributed by atoms with E-state index in [4.69, 9.17) is 10.3 Å². The Bertz CT molecular complexity index is 465. The lowest BCUT2D eigenvalue weighted by molar-refractivity contribution is 0.430. The maximum atomic E-state index is 5.60. The van der Waals surface area contributed by atoms with Crippen molar-refractivity contribution in [3.05, 3.63) is 18.5 Å². The van der Waals surface area contributed by atoms with Crippen LogP contribution in [0.3, 0.4) is 0 Å². The molecule has 0 atom stereocenters. The second kappa shape index (κ2) is 3.56. The maximum Gasteiger partial charge on any atom is 0.265 e. The molecular formula is C9H11N5O. The number of hydrogen-bond acceptors (Lipinski definition) is 6. The Hall–Kier alpha value is -2.11. The SMILES string of the molecule is CN(C)c1noc(-c2cncc(N)c2)n1. The molecule has 6 heteroatoms. The molecule has 2 N–H and O–H groups in total. The zero-order valence-corrected chi connectivity index (χ0v) is 8.51. The molecule has 0 saturated heterocycles. The summed E-state index contributed by atoms with van der Waals surface area (Å²) >= 11 is 0. The van der Waals surface area contributed by atoms with Crippen molar-refractivity contribution < 1.29 is 4.52 Å². The fourth-order valence-electron chi connectivity index (χ4n) is 1.09. The van der Waals surface area contributed by atoms with Crippen LogP contribution in [0.2, 0.25) is 0 Å².